The van der Waals surface area contributed by atoms with Gasteiger partial charge >= 0.3 is 8.69 Å². The van der Waals surface area contributed by atoms with Gasteiger partial charge in [-0.2, -0.15) is 0 Å². The van der Waals surface area contributed by atoms with E-state index in [0.29, 0.717) is 15.2 Å². The Hall–Kier alpha value is 0.592. The maximum atomic E-state index is 8.46. The molecule has 0 aliphatic carbocycles. The summed E-state index contributed by atoms with van der Waals surface area (Å²) in [5, 5.41) is 1.46. The maximum Gasteiger partial charge on any atom is 0.324 e. The Balaban J connectivity index is 0. The van der Waals surface area contributed by atoms with Crippen molar-refractivity contribution in [1.82, 2.24) is 0 Å². The zero-order valence-electron chi connectivity index (χ0n) is 4.72. The van der Waals surface area contributed by atoms with Crippen LogP contribution in [0.5, 0.6) is 0 Å². The number of hydrogen-bond donors (Lipinski definition) is 1. The van der Waals surface area contributed by atoms with Gasteiger partial charge in [-0.1, -0.05) is 6.92 Å². The Kier molecular flexibility index (Phi) is 24.1. The summed E-state index contributed by atoms with van der Waals surface area (Å²) in [7, 11) is -0.833. The molecule has 0 unspecified atom stereocenters. The molecule has 42 valence electrons. The van der Waals surface area contributed by atoms with Gasteiger partial charge in [0.15, 0.2) is 0 Å². The van der Waals surface area contributed by atoms with Crippen LogP contribution < -0.4 is 0 Å². The van der Waals surface area contributed by atoms with Gasteiger partial charge in [-0.05, 0) is 0 Å². The molecule has 0 fully saturated rings. The summed E-state index contributed by atoms with van der Waals surface area (Å²) in [5.74, 6) is 2.32. The summed E-state index contributed by atoms with van der Waals surface area (Å²) in [6.45, 7) is 2.24. The normalized spacial score (nSPS) is 6.71. The summed E-state index contributed by atoms with van der Waals surface area (Å²) in [5.41, 5.74) is 0. The highest BCUT2D eigenvalue weighted by Crippen LogP contribution is 1.66. The predicted octanol–water partition coefficient (Wildman–Crippen LogP) is 1.09. The van der Waals surface area contributed by atoms with Crippen molar-refractivity contribution in [2.75, 3.05) is 0 Å². The van der Waals surface area contributed by atoms with Gasteiger partial charge in [-0.25, -0.2) is 4.57 Å². The lowest BCUT2D eigenvalue weighted by Crippen LogP contribution is -1.67. The van der Waals surface area contributed by atoms with Crippen molar-refractivity contribution in [2.45, 2.75) is 18.0 Å². The van der Waals surface area contributed by atoms with Crippen LogP contribution in [0.15, 0.2) is 0 Å². The molecular weight excluding hydrogens is 126 g/mol. The lowest BCUT2D eigenvalue weighted by Gasteiger charge is -1.61. The zero-order valence-corrected chi connectivity index (χ0v) is 7.03. The molecule has 0 saturated heterocycles. The fourth-order valence-corrected chi connectivity index (χ4v) is 0. The van der Waals surface area contributed by atoms with Crippen LogP contribution in [0.1, 0.15) is 6.92 Å². The van der Waals surface area contributed by atoms with Gasteiger partial charge in [0.25, 0.3) is 0 Å². The molecule has 7 heavy (non-hydrogen) atoms. The van der Waals surface area contributed by atoms with Crippen LogP contribution in [-0.2, 0) is 4.57 Å². The molecule has 0 atom stereocenters. The van der Waals surface area contributed by atoms with E-state index in [-0.39, 0.29) is 0 Å². The van der Waals surface area contributed by atoms with E-state index in [2.05, 4.69) is 12.7 Å². The summed E-state index contributed by atoms with van der Waals surface area (Å²) < 4.78 is 8.46. The molecule has 4 heteroatoms. The molecular formula is C3H10AlO2P. The Morgan fingerprint density at radius 2 is 2.00 bits per heavy atom. The highest BCUT2D eigenvalue weighted by molar-refractivity contribution is 7.16. The first kappa shape index (κ1) is 10.6. The molecule has 0 saturated carbocycles. The Morgan fingerprint density at radius 3 is 2.00 bits per heavy atom. The molecule has 0 aliphatic rings. The monoisotopic (exact) mass is 136 g/mol. The van der Waals surface area contributed by atoms with E-state index < -0.39 is 8.69 Å². The lowest BCUT2D eigenvalue weighted by molar-refractivity contribution is 0.524. The fraction of sp³-hybridized carbons (Fsp3) is 1.00. The third kappa shape index (κ3) is 54.8. The van der Waals surface area contributed by atoms with Crippen LogP contribution in [-0.4, -0.2) is 20.1 Å². The molecule has 0 aromatic rings. The van der Waals surface area contributed by atoms with Crippen molar-refractivity contribution >= 4 is 23.9 Å². The number of rotatable bonds is 1. The van der Waals surface area contributed by atoms with Crippen LogP contribution in [0.3, 0.4) is 0 Å². The van der Waals surface area contributed by atoms with E-state index in [1.165, 1.54) is 5.28 Å². The van der Waals surface area contributed by atoms with Gasteiger partial charge in [0, 0.05) is 0 Å². The lowest BCUT2D eigenvalue weighted by atomic mass is 11.0. The quantitative estimate of drug-likeness (QED) is 0.432. The van der Waals surface area contributed by atoms with E-state index in [1.807, 2.05) is 0 Å². The van der Waals surface area contributed by atoms with E-state index in [0.717, 1.165) is 0 Å². The van der Waals surface area contributed by atoms with Gasteiger partial charge in [0.05, 0.1) is 0 Å². The molecule has 0 heterocycles. The molecule has 0 aliphatic heterocycles. The minimum Gasteiger partial charge on any atom is -0.310 e. The first-order chi connectivity index (χ1) is 3.33. The molecule has 2 nitrogen and oxygen atoms in total. The highest BCUT2D eigenvalue weighted by Gasteiger charge is 1.65. The van der Waals surface area contributed by atoms with Crippen molar-refractivity contribution in [2.24, 2.45) is 0 Å². The predicted molar refractivity (Wildman–Crippen MR) is 33.3 cm³/mol. The second-order valence-corrected chi connectivity index (χ2v) is 3.24. The average molecular weight is 136 g/mol. The molecule has 0 aromatic heterocycles. The van der Waals surface area contributed by atoms with E-state index in [1.54, 1.807) is 0 Å². The molecule has 0 aromatic carbocycles. The number of hydrogen-bond acceptors (Lipinski definition) is 1. The largest absolute Gasteiger partial charge is 0.324 e. The first-order valence-corrected chi connectivity index (χ1v) is 5.48. The fourth-order valence-electron chi connectivity index (χ4n) is 0. The summed E-state index contributed by atoms with van der Waals surface area (Å²) in [6.07, 6.45) is 0. The second kappa shape index (κ2) is 16.0. The van der Waals surface area contributed by atoms with Crippen molar-refractivity contribution in [1.29, 1.82) is 0 Å². The van der Waals surface area contributed by atoms with Gasteiger partial charge in [-0.3, -0.25) is 0 Å². The van der Waals surface area contributed by atoms with Gasteiger partial charge in [0.1, 0.15) is 0 Å². The van der Waals surface area contributed by atoms with Gasteiger partial charge in [0.2, 0.25) is 15.2 Å². The third-order valence-electron chi connectivity index (χ3n) is 0.500. The highest BCUT2D eigenvalue weighted by atomic mass is 31.1. The summed E-state index contributed by atoms with van der Waals surface area (Å²) >= 11 is 0.424. The molecule has 0 bridgehead atoms. The van der Waals surface area contributed by atoms with E-state index in [9.17, 15) is 0 Å². The molecule has 0 rings (SSSR count). The van der Waals surface area contributed by atoms with Crippen molar-refractivity contribution in [3.05, 3.63) is 0 Å². The zero-order chi connectivity index (χ0) is 6.12. The van der Waals surface area contributed by atoms with Crippen LogP contribution in [0.2, 0.25) is 11.1 Å². The van der Waals surface area contributed by atoms with Gasteiger partial charge < -0.3 is 4.89 Å². The van der Waals surface area contributed by atoms with Gasteiger partial charge in [-0.15, -0.1) is 11.1 Å². The Labute approximate surface area is 51.9 Å². The molecule has 0 spiro atoms. The summed E-state index contributed by atoms with van der Waals surface area (Å²) in [6, 6.07) is 0. The Bertz CT molecular complexity index is 32.1. The van der Waals surface area contributed by atoms with Crippen molar-refractivity contribution < 1.29 is 9.46 Å². The smallest absolute Gasteiger partial charge is 0.310 e. The second-order valence-electron chi connectivity index (χ2n) is 1.08. The topological polar surface area (TPSA) is 37.3 Å². The standard InChI is InChI=1S/C2H5.CH3.Al.HO2P.H/c1-2;;;1-3-2;/h1H2,2H3;1H3;;(H,1,2);. The summed E-state index contributed by atoms with van der Waals surface area (Å²) in [4.78, 5) is 6.99. The molecule has 0 radical (unpaired) electrons. The molecule has 1 N–H and O–H groups in total. The SMILES string of the molecule is C[CH2][AlH][CH3].O=PO. The van der Waals surface area contributed by atoms with Crippen LogP contribution in [0, 0.1) is 0 Å². The van der Waals surface area contributed by atoms with E-state index in [4.69, 9.17) is 9.46 Å². The third-order valence-corrected chi connectivity index (χ3v) is 1.50. The minimum atomic E-state index is -0.833. The minimum absolute atomic E-state index is 0.424. The van der Waals surface area contributed by atoms with E-state index >= 15 is 0 Å². The molecule has 0 amide bonds. The van der Waals surface area contributed by atoms with Crippen LogP contribution in [0.25, 0.3) is 0 Å². The maximum absolute atomic E-state index is 8.46. The average Bonchev–Trinajstić information content (AvgIpc) is 1.69. The van der Waals surface area contributed by atoms with Crippen LogP contribution >= 0.6 is 8.69 Å². The van der Waals surface area contributed by atoms with Crippen LogP contribution in [0.4, 0.5) is 0 Å². The Morgan fingerprint density at radius 1 is 1.86 bits per heavy atom. The first-order valence-electron chi connectivity index (χ1n) is 2.30. The van der Waals surface area contributed by atoms with Crippen molar-refractivity contribution in [3.8, 4) is 0 Å². The van der Waals surface area contributed by atoms with Crippen molar-refractivity contribution in [3.63, 3.8) is 0 Å².